The van der Waals surface area contributed by atoms with Crippen molar-refractivity contribution in [3.8, 4) is 0 Å². The van der Waals surface area contributed by atoms with Gasteiger partial charge in [-0.15, -0.1) is 11.6 Å². The number of rotatable bonds is 6. The molecule has 0 radical (unpaired) electrons. The summed E-state index contributed by atoms with van der Waals surface area (Å²) in [6.07, 6.45) is 2.14. The Morgan fingerprint density at radius 3 is 2.36 bits per heavy atom. The second kappa shape index (κ2) is 7.26. The molecule has 11 heavy (non-hydrogen) atoms. The summed E-state index contributed by atoms with van der Waals surface area (Å²) >= 11 is 7.56. The van der Waals surface area contributed by atoms with E-state index in [0.717, 1.165) is 19.0 Å². The minimum absolute atomic E-state index is 0.626. The van der Waals surface area contributed by atoms with Gasteiger partial charge in [0.25, 0.3) is 0 Å². The van der Waals surface area contributed by atoms with E-state index in [4.69, 9.17) is 11.6 Å². The van der Waals surface area contributed by atoms with Crippen molar-refractivity contribution in [3.63, 3.8) is 0 Å². The fraction of sp³-hybridized carbons (Fsp3) is 1.00. The molecule has 1 nitrogen and oxygen atoms in total. The van der Waals surface area contributed by atoms with Gasteiger partial charge in [-0.25, -0.2) is 0 Å². The maximum atomic E-state index is 5.67. The van der Waals surface area contributed by atoms with Crippen LogP contribution in [0, 0.1) is 0 Å². The van der Waals surface area contributed by atoms with Crippen molar-refractivity contribution in [3.05, 3.63) is 0 Å². The summed E-state index contributed by atoms with van der Waals surface area (Å²) in [5.74, 6) is 1.95. The highest BCUT2D eigenvalue weighted by Gasteiger charge is 2.06. The molecule has 0 heterocycles. The van der Waals surface area contributed by atoms with E-state index in [9.17, 15) is 0 Å². The van der Waals surface area contributed by atoms with Gasteiger partial charge in [0.1, 0.15) is 0 Å². The molecule has 0 N–H and O–H groups in total. The fourth-order valence-electron chi connectivity index (χ4n) is 0.945. The molecule has 0 unspecified atom stereocenters. The quantitative estimate of drug-likeness (QED) is 0.599. The lowest BCUT2D eigenvalue weighted by atomic mass is 10.3. The number of halogens is 1. The Hall–Kier alpha value is 0.600. The topological polar surface area (TPSA) is 3.24 Å². The molecule has 0 saturated heterocycles. The molecular formula is C8H18ClNS. The van der Waals surface area contributed by atoms with Crippen LogP contribution in [0.5, 0.6) is 0 Å². The number of thioether (sulfide) groups is 1. The summed E-state index contributed by atoms with van der Waals surface area (Å²) in [5.41, 5.74) is 0. The third-order valence-electron chi connectivity index (χ3n) is 1.68. The molecule has 0 aromatic carbocycles. The number of alkyl halides is 1. The maximum absolute atomic E-state index is 5.67. The zero-order valence-electron chi connectivity index (χ0n) is 7.64. The lowest BCUT2D eigenvalue weighted by Gasteiger charge is -2.24. The predicted molar refractivity (Wildman–Crippen MR) is 55.8 cm³/mol. The van der Waals surface area contributed by atoms with Crippen LogP contribution in [0.4, 0.5) is 0 Å². The van der Waals surface area contributed by atoms with E-state index >= 15 is 0 Å². The molecule has 68 valence electrons. The highest BCUT2D eigenvalue weighted by atomic mass is 35.5. The summed E-state index contributed by atoms with van der Waals surface area (Å²) in [6.45, 7) is 6.60. The summed E-state index contributed by atoms with van der Waals surface area (Å²) < 4.78 is 0. The van der Waals surface area contributed by atoms with E-state index in [1.807, 2.05) is 11.8 Å². The number of nitrogens with zero attached hydrogens (tertiary/aromatic N) is 1. The Morgan fingerprint density at radius 2 is 2.00 bits per heavy atom. The van der Waals surface area contributed by atoms with Crippen LogP contribution in [-0.2, 0) is 0 Å². The van der Waals surface area contributed by atoms with Crippen LogP contribution in [-0.4, -0.2) is 41.9 Å². The van der Waals surface area contributed by atoms with Crippen molar-refractivity contribution < 1.29 is 0 Å². The van der Waals surface area contributed by atoms with Crippen LogP contribution in [0.3, 0.4) is 0 Å². The van der Waals surface area contributed by atoms with Gasteiger partial charge in [-0.1, -0.05) is 0 Å². The minimum atomic E-state index is 0.626. The molecule has 0 atom stereocenters. The molecule has 0 amide bonds. The van der Waals surface area contributed by atoms with Gasteiger partial charge < -0.3 is 0 Å². The predicted octanol–water partition coefficient (Wildman–Crippen LogP) is 2.30. The van der Waals surface area contributed by atoms with Gasteiger partial charge in [0, 0.05) is 30.8 Å². The van der Waals surface area contributed by atoms with Crippen LogP contribution in [0.2, 0.25) is 0 Å². The van der Waals surface area contributed by atoms with E-state index < -0.39 is 0 Å². The lowest BCUT2D eigenvalue weighted by molar-refractivity contribution is 0.250. The molecule has 0 aliphatic rings. The molecule has 3 heteroatoms. The molecule has 0 aromatic rings. The number of hydrogen-bond donors (Lipinski definition) is 0. The van der Waals surface area contributed by atoms with Crippen LogP contribution >= 0.6 is 23.4 Å². The molecule has 0 rings (SSSR count). The highest BCUT2D eigenvalue weighted by molar-refractivity contribution is 7.98. The average molecular weight is 196 g/mol. The first-order chi connectivity index (χ1) is 5.22. The van der Waals surface area contributed by atoms with E-state index in [1.54, 1.807) is 0 Å². The Balaban J connectivity index is 3.51. The van der Waals surface area contributed by atoms with Gasteiger partial charge >= 0.3 is 0 Å². The monoisotopic (exact) mass is 195 g/mol. The van der Waals surface area contributed by atoms with Crippen molar-refractivity contribution >= 4 is 23.4 Å². The van der Waals surface area contributed by atoms with E-state index in [0.29, 0.717) is 6.04 Å². The largest absolute Gasteiger partial charge is 0.299 e. The van der Waals surface area contributed by atoms with Crippen LogP contribution in [0.1, 0.15) is 13.8 Å². The Bertz CT molecular complexity index is 88.2. The SMILES string of the molecule is CSCCN(CCCl)C(C)C. The van der Waals surface area contributed by atoms with Crippen LogP contribution in [0.25, 0.3) is 0 Å². The first-order valence-corrected chi connectivity index (χ1v) is 5.94. The van der Waals surface area contributed by atoms with Crippen LogP contribution in [0.15, 0.2) is 0 Å². The van der Waals surface area contributed by atoms with E-state index in [-0.39, 0.29) is 0 Å². The summed E-state index contributed by atoms with van der Waals surface area (Å²) in [6, 6.07) is 0.626. The smallest absolute Gasteiger partial charge is 0.0351 e. The second-order valence-electron chi connectivity index (χ2n) is 2.81. The van der Waals surface area contributed by atoms with Gasteiger partial charge in [0.15, 0.2) is 0 Å². The Morgan fingerprint density at radius 1 is 1.36 bits per heavy atom. The van der Waals surface area contributed by atoms with Gasteiger partial charge in [0.2, 0.25) is 0 Å². The minimum Gasteiger partial charge on any atom is -0.299 e. The van der Waals surface area contributed by atoms with Crippen molar-refractivity contribution in [2.45, 2.75) is 19.9 Å². The van der Waals surface area contributed by atoms with Gasteiger partial charge in [-0.2, -0.15) is 11.8 Å². The first-order valence-electron chi connectivity index (χ1n) is 4.01. The third-order valence-corrected chi connectivity index (χ3v) is 2.44. The molecule has 0 aromatic heterocycles. The summed E-state index contributed by atoms with van der Waals surface area (Å²) in [5, 5.41) is 0. The highest BCUT2D eigenvalue weighted by Crippen LogP contribution is 2.01. The normalized spacial score (nSPS) is 11.5. The molecule has 0 aliphatic heterocycles. The molecular weight excluding hydrogens is 178 g/mol. The lowest BCUT2D eigenvalue weighted by Crippen LogP contribution is -2.34. The number of hydrogen-bond acceptors (Lipinski definition) is 2. The van der Waals surface area contributed by atoms with E-state index in [1.165, 1.54) is 5.75 Å². The Labute approximate surface area is 79.5 Å². The second-order valence-corrected chi connectivity index (χ2v) is 4.18. The zero-order valence-corrected chi connectivity index (χ0v) is 9.21. The standard InChI is InChI=1S/C8H18ClNS/c1-8(2)10(5-4-9)6-7-11-3/h8H,4-7H2,1-3H3. The van der Waals surface area contributed by atoms with Crippen molar-refractivity contribution in [1.82, 2.24) is 4.90 Å². The molecule has 0 saturated carbocycles. The van der Waals surface area contributed by atoms with Gasteiger partial charge in [0.05, 0.1) is 0 Å². The zero-order chi connectivity index (χ0) is 8.69. The Kier molecular flexibility index (Phi) is 7.66. The summed E-state index contributed by atoms with van der Waals surface area (Å²) in [4.78, 5) is 2.41. The first kappa shape index (κ1) is 11.6. The molecule has 0 bridgehead atoms. The van der Waals surface area contributed by atoms with Crippen molar-refractivity contribution in [1.29, 1.82) is 0 Å². The third kappa shape index (κ3) is 5.83. The average Bonchev–Trinajstić information content (AvgIpc) is 1.97. The summed E-state index contributed by atoms with van der Waals surface area (Å²) in [7, 11) is 0. The fourth-order valence-corrected chi connectivity index (χ4v) is 1.58. The molecule has 0 fully saturated rings. The van der Waals surface area contributed by atoms with E-state index in [2.05, 4.69) is 25.0 Å². The van der Waals surface area contributed by atoms with Crippen molar-refractivity contribution in [2.75, 3.05) is 31.0 Å². The molecule has 0 spiro atoms. The van der Waals surface area contributed by atoms with Crippen LogP contribution < -0.4 is 0 Å². The van der Waals surface area contributed by atoms with Gasteiger partial charge in [-0.3, -0.25) is 4.90 Å². The van der Waals surface area contributed by atoms with Gasteiger partial charge in [-0.05, 0) is 20.1 Å². The van der Waals surface area contributed by atoms with Crippen molar-refractivity contribution in [2.24, 2.45) is 0 Å². The maximum Gasteiger partial charge on any atom is 0.0351 e. The molecule has 0 aliphatic carbocycles.